The Balaban J connectivity index is 1.39. The van der Waals surface area contributed by atoms with Gasteiger partial charge in [-0.2, -0.15) is 5.10 Å². The average Bonchev–Trinajstić information content (AvgIpc) is 3.66. The van der Waals surface area contributed by atoms with E-state index in [1.807, 2.05) is 0 Å². The highest BCUT2D eigenvalue weighted by atomic mass is 35.5. The molecule has 4 aromatic rings. The molecule has 5 rings (SSSR count). The Bertz CT molecular complexity index is 1800. The van der Waals surface area contributed by atoms with Gasteiger partial charge in [0.25, 0.3) is 11.8 Å². The van der Waals surface area contributed by atoms with Crippen LogP contribution in [0.5, 0.6) is 23.0 Å². The van der Waals surface area contributed by atoms with Crippen molar-refractivity contribution >= 4 is 69.9 Å². The van der Waals surface area contributed by atoms with Gasteiger partial charge in [-0.25, -0.2) is 0 Å². The number of phenols is 1. The molecule has 0 radical (unpaired) electrons. The molecule has 2 heterocycles. The number of furan rings is 1. The maximum atomic E-state index is 13.6. The van der Waals surface area contributed by atoms with Crippen molar-refractivity contribution in [2.24, 2.45) is 10.2 Å². The number of nitrogens with one attached hydrogen (secondary N) is 1. The van der Waals surface area contributed by atoms with Crippen LogP contribution in [0.2, 0.25) is 10.0 Å². The summed E-state index contributed by atoms with van der Waals surface area (Å²) in [5.41, 5.74) is 1.59. The third-order valence-corrected chi connectivity index (χ3v) is 7.86. The molecule has 2 N–H and O–H groups in total. The van der Waals surface area contributed by atoms with E-state index in [9.17, 15) is 14.7 Å². The zero-order valence-corrected chi connectivity index (χ0v) is 26.7. The summed E-state index contributed by atoms with van der Waals surface area (Å²) in [6, 6.07) is 18.2. The van der Waals surface area contributed by atoms with E-state index in [1.54, 1.807) is 72.8 Å². The Morgan fingerprint density at radius 3 is 2.41 bits per heavy atom. The van der Waals surface area contributed by atoms with Crippen LogP contribution in [0.15, 0.2) is 92.5 Å². The van der Waals surface area contributed by atoms with Crippen LogP contribution in [-0.4, -0.2) is 54.0 Å². The quantitative estimate of drug-likeness (QED) is 0.0999. The first-order valence-corrected chi connectivity index (χ1v) is 15.1. The lowest BCUT2D eigenvalue weighted by molar-refractivity contribution is -0.122. The fourth-order valence-corrected chi connectivity index (χ4v) is 5.42. The van der Waals surface area contributed by atoms with Crippen molar-refractivity contribution in [3.63, 3.8) is 0 Å². The molecule has 1 fully saturated rings. The first kappa shape index (κ1) is 32.5. The van der Waals surface area contributed by atoms with Gasteiger partial charge in [-0.3, -0.25) is 14.5 Å². The molecule has 1 aliphatic heterocycles. The van der Waals surface area contributed by atoms with Gasteiger partial charge in [-0.1, -0.05) is 23.2 Å². The number of hydrogen-bond acceptors (Lipinski definition) is 10. The van der Waals surface area contributed by atoms with Crippen molar-refractivity contribution in [3.05, 3.63) is 105 Å². The van der Waals surface area contributed by atoms with Crippen molar-refractivity contribution in [1.82, 2.24) is 4.90 Å². The molecular weight excluding hydrogens is 655 g/mol. The summed E-state index contributed by atoms with van der Waals surface area (Å²) in [7, 11) is 2.84. The number of carbonyl (C=O) groups excluding carboxylic acids is 2. The Morgan fingerprint density at radius 1 is 1.02 bits per heavy atom. The van der Waals surface area contributed by atoms with Crippen molar-refractivity contribution in [1.29, 1.82) is 0 Å². The Labute approximate surface area is 278 Å². The Hall–Kier alpha value is -4.91. The van der Waals surface area contributed by atoms with E-state index in [4.69, 9.17) is 41.8 Å². The SMILES string of the molecule is COc1cc(/C=N\N=C2\S/C(=C\c3cc(Cl)ccc3OCC(=O)Nc3ccc(Cl)cc3)C(=O)N2Cc2ccco2)cc(OC)c1O. The number of phenolic OH excluding ortho intramolecular Hbond substituents is 1. The number of amides is 2. The maximum Gasteiger partial charge on any atom is 0.267 e. The number of thioether (sulfide) groups is 1. The summed E-state index contributed by atoms with van der Waals surface area (Å²) in [6.45, 7) is -0.185. The molecule has 0 saturated carbocycles. The molecule has 0 spiro atoms. The molecule has 0 atom stereocenters. The summed E-state index contributed by atoms with van der Waals surface area (Å²) < 4.78 is 21.7. The lowest BCUT2D eigenvalue weighted by Gasteiger charge is -2.13. The van der Waals surface area contributed by atoms with E-state index in [1.165, 1.54) is 31.6 Å². The van der Waals surface area contributed by atoms with Crippen molar-refractivity contribution in [2.45, 2.75) is 6.54 Å². The van der Waals surface area contributed by atoms with Gasteiger partial charge in [0.05, 0.1) is 38.1 Å². The zero-order valence-electron chi connectivity index (χ0n) is 24.4. The molecule has 14 heteroatoms. The van der Waals surface area contributed by atoms with Crippen LogP contribution in [0.25, 0.3) is 6.08 Å². The molecule has 2 amide bonds. The van der Waals surface area contributed by atoms with Crippen LogP contribution >= 0.6 is 35.0 Å². The van der Waals surface area contributed by atoms with E-state index in [0.717, 1.165) is 11.8 Å². The number of benzene rings is 3. The maximum absolute atomic E-state index is 13.6. The summed E-state index contributed by atoms with van der Waals surface area (Å²) >= 11 is 13.3. The lowest BCUT2D eigenvalue weighted by atomic mass is 10.2. The van der Waals surface area contributed by atoms with Crippen LogP contribution in [0.4, 0.5) is 5.69 Å². The Kier molecular flexibility index (Phi) is 10.5. The third-order valence-electron chi connectivity index (χ3n) is 6.38. The second-order valence-corrected chi connectivity index (χ2v) is 11.4. The normalized spacial score (nSPS) is 14.8. The van der Waals surface area contributed by atoms with E-state index in [2.05, 4.69) is 15.5 Å². The van der Waals surface area contributed by atoms with Gasteiger partial charge >= 0.3 is 0 Å². The topological polar surface area (TPSA) is 135 Å². The predicted octanol–water partition coefficient (Wildman–Crippen LogP) is 6.83. The first-order chi connectivity index (χ1) is 22.2. The second kappa shape index (κ2) is 14.9. The van der Waals surface area contributed by atoms with Crippen LogP contribution < -0.4 is 19.5 Å². The van der Waals surface area contributed by atoms with Gasteiger partial charge in [-0.05, 0) is 84.6 Å². The lowest BCUT2D eigenvalue weighted by Crippen LogP contribution is -2.28. The number of nitrogens with zero attached hydrogens (tertiary/aromatic N) is 3. The van der Waals surface area contributed by atoms with Gasteiger partial charge in [-0.15, -0.1) is 5.10 Å². The molecule has 1 saturated heterocycles. The van der Waals surface area contributed by atoms with Gasteiger partial charge in [0.1, 0.15) is 11.5 Å². The summed E-state index contributed by atoms with van der Waals surface area (Å²) in [6.07, 6.45) is 4.56. The first-order valence-electron chi connectivity index (χ1n) is 13.5. The standard InChI is InChI=1S/C32H26Cl2N4O7S/c1-42-26-12-19(13-27(43-2)30(26)40)16-35-37-32-38(17-24-4-3-11-44-24)31(41)28(46-32)15-20-14-22(34)7-10-25(20)45-18-29(39)36-23-8-5-21(33)6-9-23/h3-16,40H,17-18H2,1-2H3,(H,36,39)/b28-15-,35-16-,37-32+. The molecule has 0 bridgehead atoms. The molecule has 3 aromatic carbocycles. The fourth-order valence-electron chi connectivity index (χ4n) is 4.19. The molecule has 46 heavy (non-hydrogen) atoms. The number of hydrogen-bond donors (Lipinski definition) is 2. The highest BCUT2D eigenvalue weighted by Gasteiger charge is 2.34. The largest absolute Gasteiger partial charge is 0.502 e. The summed E-state index contributed by atoms with van der Waals surface area (Å²) in [4.78, 5) is 27.9. The minimum atomic E-state index is -0.386. The molecule has 1 aromatic heterocycles. The average molecular weight is 682 g/mol. The van der Waals surface area contributed by atoms with Crippen LogP contribution in [0.1, 0.15) is 16.9 Å². The van der Waals surface area contributed by atoms with Crippen molar-refractivity contribution in [3.8, 4) is 23.0 Å². The van der Waals surface area contributed by atoms with E-state index in [-0.39, 0.29) is 47.4 Å². The van der Waals surface area contributed by atoms with E-state index < -0.39 is 0 Å². The molecule has 0 unspecified atom stereocenters. The van der Waals surface area contributed by atoms with Gasteiger partial charge < -0.3 is 29.1 Å². The third kappa shape index (κ3) is 8.02. The summed E-state index contributed by atoms with van der Waals surface area (Å²) in [5, 5.41) is 22.7. The zero-order chi connectivity index (χ0) is 32.6. The molecular formula is C32H26Cl2N4O7S. The van der Waals surface area contributed by atoms with Crippen LogP contribution in [-0.2, 0) is 16.1 Å². The number of aromatic hydroxyl groups is 1. The smallest absolute Gasteiger partial charge is 0.267 e. The van der Waals surface area contributed by atoms with Gasteiger partial charge in [0.2, 0.25) is 5.75 Å². The molecule has 0 aliphatic carbocycles. The van der Waals surface area contributed by atoms with Crippen LogP contribution in [0, 0.1) is 0 Å². The second-order valence-electron chi connectivity index (χ2n) is 9.51. The molecule has 1 aliphatic rings. The Morgan fingerprint density at radius 2 is 1.74 bits per heavy atom. The van der Waals surface area contributed by atoms with Crippen LogP contribution in [0.3, 0.4) is 0 Å². The van der Waals surface area contributed by atoms with Crippen molar-refractivity contribution < 1.29 is 33.3 Å². The van der Waals surface area contributed by atoms with E-state index >= 15 is 0 Å². The molecule has 11 nitrogen and oxygen atoms in total. The number of halogens is 2. The number of amidine groups is 1. The summed E-state index contributed by atoms with van der Waals surface area (Å²) in [5.74, 6) is 0.399. The highest BCUT2D eigenvalue weighted by Crippen LogP contribution is 2.38. The van der Waals surface area contributed by atoms with E-state index in [0.29, 0.717) is 43.3 Å². The van der Waals surface area contributed by atoms with Gasteiger partial charge in [0.15, 0.2) is 23.3 Å². The number of anilines is 1. The number of rotatable bonds is 11. The number of methoxy groups -OCH3 is 2. The highest BCUT2D eigenvalue weighted by molar-refractivity contribution is 8.18. The predicted molar refractivity (Wildman–Crippen MR) is 178 cm³/mol. The minimum Gasteiger partial charge on any atom is -0.502 e. The minimum absolute atomic E-state index is 0.106. The van der Waals surface area contributed by atoms with Crippen molar-refractivity contribution in [2.75, 3.05) is 26.1 Å². The van der Waals surface area contributed by atoms with Gasteiger partial charge in [0, 0.05) is 26.9 Å². The molecule has 236 valence electrons. The fraction of sp³-hybridized carbons (Fsp3) is 0.125. The monoisotopic (exact) mass is 680 g/mol. The number of carbonyl (C=O) groups is 2. The number of ether oxygens (including phenoxy) is 3.